The van der Waals surface area contributed by atoms with E-state index >= 15 is 0 Å². The van der Waals surface area contributed by atoms with Crippen molar-refractivity contribution in [3.05, 3.63) is 45.9 Å². The topological polar surface area (TPSA) is 28.2 Å². The van der Waals surface area contributed by atoms with Gasteiger partial charge in [0, 0.05) is 43.7 Å². The monoisotopic (exact) mass is 303 g/mol. The van der Waals surface area contributed by atoms with Crippen LogP contribution >= 0.6 is 11.3 Å². The standard InChI is InChI=1S/C17H25N3S/c1-17(2,3)16-19-14(12-21-16)11-18-10-13-6-8-15(9-7-13)20(4)5/h6-9,12,18H,10-11H2,1-5H3. The van der Waals surface area contributed by atoms with E-state index in [0.29, 0.717) is 0 Å². The zero-order valence-electron chi connectivity index (χ0n) is 13.6. The zero-order chi connectivity index (χ0) is 15.5. The summed E-state index contributed by atoms with van der Waals surface area (Å²) in [7, 11) is 4.12. The molecule has 0 radical (unpaired) electrons. The molecule has 2 rings (SSSR count). The smallest absolute Gasteiger partial charge is 0.0982 e. The molecule has 1 N–H and O–H groups in total. The molecule has 114 valence electrons. The van der Waals surface area contributed by atoms with Gasteiger partial charge in [-0.2, -0.15) is 0 Å². The number of benzene rings is 1. The predicted molar refractivity (Wildman–Crippen MR) is 92.1 cm³/mol. The van der Waals surface area contributed by atoms with Crippen molar-refractivity contribution in [1.29, 1.82) is 0 Å². The normalized spacial score (nSPS) is 11.7. The van der Waals surface area contributed by atoms with Gasteiger partial charge in [0.25, 0.3) is 0 Å². The molecule has 1 heterocycles. The van der Waals surface area contributed by atoms with Crippen molar-refractivity contribution >= 4 is 17.0 Å². The average Bonchev–Trinajstić information content (AvgIpc) is 2.88. The molecule has 0 aliphatic heterocycles. The number of hydrogen-bond donors (Lipinski definition) is 1. The van der Waals surface area contributed by atoms with Gasteiger partial charge >= 0.3 is 0 Å². The molecule has 0 unspecified atom stereocenters. The molecule has 0 spiro atoms. The Morgan fingerprint density at radius 3 is 2.29 bits per heavy atom. The zero-order valence-corrected chi connectivity index (χ0v) is 14.4. The molecule has 4 heteroatoms. The molecule has 0 saturated carbocycles. The SMILES string of the molecule is CN(C)c1ccc(CNCc2csc(C(C)(C)C)n2)cc1. The summed E-state index contributed by atoms with van der Waals surface area (Å²) < 4.78 is 0. The van der Waals surface area contributed by atoms with Crippen LogP contribution in [0.4, 0.5) is 5.69 Å². The Balaban J connectivity index is 1.85. The van der Waals surface area contributed by atoms with Crippen molar-refractivity contribution in [3.8, 4) is 0 Å². The van der Waals surface area contributed by atoms with Crippen LogP contribution in [-0.2, 0) is 18.5 Å². The van der Waals surface area contributed by atoms with Gasteiger partial charge in [-0.3, -0.25) is 0 Å². The molecule has 0 saturated heterocycles. The van der Waals surface area contributed by atoms with E-state index in [0.717, 1.165) is 18.8 Å². The minimum absolute atomic E-state index is 0.144. The largest absolute Gasteiger partial charge is 0.378 e. The first kappa shape index (κ1) is 16.0. The number of hydrogen-bond acceptors (Lipinski definition) is 4. The highest BCUT2D eigenvalue weighted by Crippen LogP contribution is 2.25. The number of anilines is 1. The summed E-state index contributed by atoms with van der Waals surface area (Å²) in [4.78, 5) is 6.81. The maximum Gasteiger partial charge on any atom is 0.0982 e. The predicted octanol–water partition coefficient (Wildman–Crippen LogP) is 3.80. The molecule has 1 aromatic carbocycles. The van der Waals surface area contributed by atoms with Gasteiger partial charge in [0.2, 0.25) is 0 Å². The van der Waals surface area contributed by atoms with Crippen LogP contribution in [0.5, 0.6) is 0 Å². The third kappa shape index (κ3) is 4.55. The van der Waals surface area contributed by atoms with E-state index in [1.165, 1.54) is 16.3 Å². The van der Waals surface area contributed by atoms with Gasteiger partial charge < -0.3 is 10.2 Å². The van der Waals surface area contributed by atoms with Crippen LogP contribution in [0.15, 0.2) is 29.6 Å². The fourth-order valence-corrected chi connectivity index (χ4v) is 2.89. The maximum atomic E-state index is 4.70. The maximum absolute atomic E-state index is 4.70. The van der Waals surface area contributed by atoms with Crippen LogP contribution in [0.2, 0.25) is 0 Å². The van der Waals surface area contributed by atoms with E-state index in [1.54, 1.807) is 11.3 Å². The van der Waals surface area contributed by atoms with Gasteiger partial charge in [0.05, 0.1) is 10.7 Å². The van der Waals surface area contributed by atoms with Crippen molar-refractivity contribution in [2.24, 2.45) is 0 Å². The average molecular weight is 303 g/mol. The second kappa shape index (κ2) is 6.58. The highest BCUT2D eigenvalue weighted by atomic mass is 32.1. The first-order valence-electron chi connectivity index (χ1n) is 7.28. The Kier molecular flexibility index (Phi) is 5.01. The van der Waals surface area contributed by atoms with E-state index in [2.05, 4.69) is 74.7 Å². The Morgan fingerprint density at radius 2 is 1.76 bits per heavy atom. The van der Waals surface area contributed by atoms with Crippen molar-refractivity contribution in [3.63, 3.8) is 0 Å². The van der Waals surface area contributed by atoms with Crippen LogP contribution in [0.3, 0.4) is 0 Å². The lowest BCUT2D eigenvalue weighted by atomic mass is 9.98. The van der Waals surface area contributed by atoms with Crippen LogP contribution in [0, 0.1) is 0 Å². The summed E-state index contributed by atoms with van der Waals surface area (Å²) in [6.07, 6.45) is 0. The molecule has 3 nitrogen and oxygen atoms in total. The van der Waals surface area contributed by atoms with Gasteiger partial charge in [0.15, 0.2) is 0 Å². The second-order valence-corrected chi connectivity index (χ2v) is 7.42. The molecular formula is C17H25N3S. The first-order valence-corrected chi connectivity index (χ1v) is 8.16. The van der Waals surface area contributed by atoms with E-state index in [1.807, 2.05) is 0 Å². The fourth-order valence-electron chi connectivity index (χ4n) is 1.98. The molecule has 0 amide bonds. The Morgan fingerprint density at radius 1 is 1.10 bits per heavy atom. The van der Waals surface area contributed by atoms with Crippen molar-refractivity contribution in [2.45, 2.75) is 39.3 Å². The summed E-state index contributed by atoms with van der Waals surface area (Å²) in [5.74, 6) is 0. The van der Waals surface area contributed by atoms with Crippen LogP contribution in [0.1, 0.15) is 37.0 Å². The lowest BCUT2D eigenvalue weighted by Gasteiger charge is -2.13. The van der Waals surface area contributed by atoms with Crippen molar-refractivity contribution in [1.82, 2.24) is 10.3 Å². The highest BCUT2D eigenvalue weighted by molar-refractivity contribution is 7.09. The minimum Gasteiger partial charge on any atom is -0.378 e. The lowest BCUT2D eigenvalue weighted by Crippen LogP contribution is -2.15. The summed E-state index contributed by atoms with van der Waals surface area (Å²) in [6.45, 7) is 8.30. The number of nitrogens with zero attached hydrogens (tertiary/aromatic N) is 2. The van der Waals surface area contributed by atoms with Crippen molar-refractivity contribution < 1.29 is 0 Å². The highest BCUT2D eigenvalue weighted by Gasteiger charge is 2.17. The Bertz CT molecular complexity index is 564. The van der Waals surface area contributed by atoms with E-state index < -0.39 is 0 Å². The van der Waals surface area contributed by atoms with Gasteiger partial charge in [-0.05, 0) is 17.7 Å². The Labute approximate surface area is 132 Å². The quantitative estimate of drug-likeness (QED) is 0.910. The van der Waals surface area contributed by atoms with Gasteiger partial charge in [0.1, 0.15) is 0 Å². The van der Waals surface area contributed by atoms with E-state index in [-0.39, 0.29) is 5.41 Å². The summed E-state index contributed by atoms with van der Waals surface area (Å²) >= 11 is 1.75. The molecule has 1 aromatic heterocycles. The van der Waals surface area contributed by atoms with E-state index in [9.17, 15) is 0 Å². The first-order chi connectivity index (χ1) is 9.86. The lowest BCUT2D eigenvalue weighted by molar-refractivity contribution is 0.579. The molecule has 2 aromatic rings. The molecule has 21 heavy (non-hydrogen) atoms. The molecule has 0 fully saturated rings. The molecule has 0 bridgehead atoms. The summed E-state index contributed by atoms with van der Waals surface area (Å²) in [5.41, 5.74) is 3.81. The van der Waals surface area contributed by atoms with Crippen molar-refractivity contribution in [2.75, 3.05) is 19.0 Å². The summed E-state index contributed by atoms with van der Waals surface area (Å²) in [6, 6.07) is 8.64. The van der Waals surface area contributed by atoms with Gasteiger partial charge in [-0.15, -0.1) is 11.3 Å². The third-order valence-electron chi connectivity index (χ3n) is 3.28. The third-order valence-corrected chi connectivity index (χ3v) is 4.60. The Hall–Kier alpha value is -1.39. The van der Waals surface area contributed by atoms with Gasteiger partial charge in [-0.1, -0.05) is 32.9 Å². The van der Waals surface area contributed by atoms with Crippen LogP contribution in [-0.4, -0.2) is 19.1 Å². The number of nitrogens with one attached hydrogen (secondary N) is 1. The number of thiazole rings is 1. The van der Waals surface area contributed by atoms with Crippen LogP contribution in [0.25, 0.3) is 0 Å². The molecule has 0 atom stereocenters. The number of rotatable bonds is 5. The second-order valence-electron chi connectivity index (χ2n) is 6.56. The molecular weight excluding hydrogens is 278 g/mol. The molecule has 0 aliphatic rings. The minimum atomic E-state index is 0.144. The van der Waals surface area contributed by atoms with Gasteiger partial charge in [-0.25, -0.2) is 4.98 Å². The fraction of sp³-hybridized carbons (Fsp3) is 0.471. The molecule has 0 aliphatic carbocycles. The number of aromatic nitrogens is 1. The summed E-state index contributed by atoms with van der Waals surface area (Å²) in [5, 5.41) is 6.82. The van der Waals surface area contributed by atoms with E-state index in [4.69, 9.17) is 4.98 Å². The van der Waals surface area contributed by atoms with Crippen LogP contribution < -0.4 is 10.2 Å².